The Balaban J connectivity index is 2.28. The first-order valence-electron chi connectivity index (χ1n) is 5.21. The van der Waals surface area contributed by atoms with Crippen LogP contribution < -0.4 is 10.5 Å². The summed E-state index contributed by atoms with van der Waals surface area (Å²) in [7, 11) is 0. The summed E-state index contributed by atoms with van der Waals surface area (Å²) in [5.74, 6) is -0.0987. The second-order valence-corrected chi connectivity index (χ2v) is 4.49. The van der Waals surface area contributed by atoms with Gasteiger partial charge in [-0.15, -0.1) is 0 Å². The van der Waals surface area contributed by atoms with Crippen LogP contribution in [0, 0.1) is 5.82 Å². The lowest BCUT2D eigenvalue weighted by atomic mass is 10.2. The molecule has 0 aliphatic carbocycles. The van der Waals surface area contributed by atoms with E-state index in [0.717, 1.165) is 5.56 Å². The lowest BCUT2D eigenvalue weighted by Crippen LogP contribution is -1.96. The van der Waals surface area contributed by atoms with Crippen molar-refractivity contribution in [3.05, 3.63) is 57.8 Å². The summed E-state index contributed by atoms with van der Waals surface area (Å²) >= 11 is 11.7. The summed E-state index contributed by atoms with van der Waals surface area (Å²) in [6.45, 7) is 0.384. The van der Waals surface area contributed by atoms with Crippen LogP contribution in [0.25, 0.3) is 0 Å². The van der Waals surface area contributed by atoms with E-state index in [-0.39, 0.29) is 5.75 Å². The molecular formula is C13H10Cl2FNO. The zero-order chi connectivity index (χ0) is 13.1. The third kappa shape index (κ3) is 2.93. The van der Waals surface area contributed by atoms with Gasteiger partial charge in [0.1, 0.15) is 5.75 Å². The van der Waals surface area contributed by atoms with E-state index in [1.807, 2.05) is 0 Å². The van der Waals surface area contributed by atoms with Gasteiger partial charge in [-0.05, 0) is 35.9 Å². The van der Waals surface area contributed by atoms with Crippen molar-refractivity contribution < 1.29 is 9.13 Å². The van der Waals surface area contributed by atoms with Gasteiger partial charge in [-0.25, -0.2) is 4.39 Å². The van der Waals surface area contributed by atoms with Crippen LogP contribution in [0.15, 0.2) is 36.4 Å². The summed E-state index contributed by atoms with van der Waals surface area (Å²) in [5, 5.41) is 0.691. The Morgan fingerprint density at radius 2 is 1.78 bits per heavy atom. The van der Waals surface area contributed by atoms with Crippen molar-refractivity contribution in [2.24, 2.45) is 5.73 Å². The molecule has 2 rings (SSSR count). The smallest absolute Gasteiger partial charge is 0.167 e. The van der Waals surface area contributed by atoms with Gasteiger partial charge in [0, 0.05) is 11.6 Å². The fourth-order valence-electron chi connectivity index (χ4n) is 1.43. The first kappa shape index (κ1) is 13.1. The molecule has 0 aliphatic heterocycles. The number of hydrogen-bond donors (Lipinski definition) is 1. The minimum atomic E-state index is -0.540. The molecule has 0 amide bonds. The molecule has 0 unspecified atom stereocenters. The number of halogens is 3. The predicted octanol–water partition coefficient (Wildman–Crippen LogP) is 4.38. The van der Waals surface area contributed by atoms with Gasteiger partial charge in [0.2, 0.25) is 0 Å². The first-order chi connectivity index (χ1) is 8.60. The SMILES string of the molecule is NCc1ccc(Oc2ccc(Cl)cc2F)c(Cl)c1. The maximum absolute atomic E-state index is 13.5. The van der Waals surface area contributed by atoms with Crippen molar-refractivity contribution in [3.8, 4) is 11.5 Å². The topological polar surface area (TPSA) is 35.2 Å². The molecule has 2 aromatic rings. The maximum atomic E-state index is 13.5. The number of ether oxygens (including phenoxy) is 1. The van der Waals surface area contributed by atoms with Gasteiger partial charge < -0.3 is 10.5 Å². The van der Waals surface area contributed by atoms with Crippen LogP contribution in [0.3, 0.4) is 0 Å². The van der Waals surface area contributed by atoms with Crippen molar-refractivity contribution in [2.45, 2.75) is 6.54 Å². The van der Waals surface area contributed by atoms with Gasteiger partial charge in [0.15, 0.2) is 11.6 Å². The van der Waals surface area contributed by atoms with Crippen LogP contribution in [0.5, 0.6) is 11.5 Å². The zero-order valence-electron chi connectivity index (χ0n) is 9.29. The van der Waals surface area contributed by atoms with E-state index >= 15 is 0 Å². The van der Waals surface area contributed by atoms with E-state index in [4.69, 9.17) is 33.7 Å². The number of hydrogen-bond acceptors (Lipinski definition) is 2. The van der Waals surface area contributed by atoms with Crippen LogP contribution >= 0.6 is 23.2 Å². The molecule has 94 valence electrons. The molecule has 0 aromatic heterocycles. The van der Waals surface area contributed by atoms with Crippen LogP contribution in [-0.2, 0) is 6.54 Å². The molecule has 0 saturated heterocycles. The molecule has 5 heteroatoms. The van der Waals surface area contributed by atoms with Gasteiger partial charge in [-0.3, -0.25) is 0 Å². The lowest BCUT2D eigenvalue weighted by Gasteiger charge is -2.09. The fraction of sp³-hybridized carbons (Fsp3) is 0.0769. The molecule has 0 heterocycles. The highest BCUT2D eigenvalue weighted by Crippen LogP contribution is 2.32. The Bertz CT molecular complexity index is 575. The average molecular weight is 286 g/mol. The van der Waals surface area contributed by atoms with Crippen LogP contribution in [0.2, 0.25) is 10.0 Å². The molecule has 0 bridgehead atoms. The number of benzene rings is 2. The monoisotopic (exact) mass is 285 g/mol. The van der Waals surface area contributed by atoms with E-state index in [1.165, 1.54) is 12.1 Å². The molecule has 0 saturated carbocycles. The van der Waals surface area contributed by atoms with Gasteiger partial charge in [-0.2, -0.15) is 0 Å². The highest BCUT2D eigenvalue weighted by atomic mass is 35.5. The first-order valence-corrected chi connectivity index (χ1v) is 5.97. The second kappa shape index (κ2) is 5.57. The van der Waals surface area contributed by atoms with Gasteiger partial charge in [0.25, 0.3) is 0 Å². The summed E-state index contributed by atoms with van der Waals surface area (Å²) < 4.78 is 18.9. The number of nitrogens with two attached hydrogens (primary N) is 1. The van der Waals surface area contributed by atoms with Crippen molar-refractivity contribution in [1.82, 2.24) is 0 Å². The van der Waals surface area contributed by atoms with E-state index in [0.29, 0.717) is 22.3 Å². The van der Waals surface area contributed by atoms with Crippen molar-refractivity contribution in [3.63, 3.8) is 0 Å². The zero-order valence-corrected chi connectivity index (χ0v) is 10.8. The van der Waals surface area contributed by atoms with Crippen LogP contribution in [0.1, 0.15) is 5.56 Å². The standard InChI is InChI=1S/C13H10Cl2FNO/c14-9-2-4-13(11(16)6-9)18-12-3-1-8(7-17)5-10(12)15/h1-6H,7,17H2. The lowest BCUT2D eigenvalue weighted by molar-refractivity contribution is 0.442. The predicted molar refractivity (Wildman–Crippen MR) is 70.8 cm³/mol. The second-order valence-electron chi connectivity index (χ2n) is 3.65. The normalized spacial score (nSPS) is 10.4. The molecular weight excluding hydrogens is 276 g/mol. The summed E-state index contributed by atoms with van der Waals surface area (Å²) in [6, 6.07) is 9.28. The molecule has 0 spiro atoms. The Labute approximate surface area is 114 Å². The highest BCUT2D eigenvalue weighted by Gasteiger charge is 2.08. The van der Waals surface area contributed by atoms with Crippen LogP contribution in [0.4, 0.5) is 4.39 Å². The quantitative estimate of drug-likeness (QED) is 0.908. The van der Waals surface area contributed by atoms with Crippen LogP contribution in [-0.4, -0.2) is 0 Å². The Morgan fingerprint density at radius 1 is 1.06 bits per heavy atom. The summed E-state index contributed by atoms with van der Waals surface area (Å²) in [4.78, 5) is 0. The molecule has 2 nitrogen and oxygen atoms in total. The fourth-order valence-corrected chi connectivity index (χ4v) is 1.83. The van der Waals surface area contributed by atoms with Gasteiger partial charge in [-0.1, -0.05) is 29.3 Å². The Kier molecular flexibility index (Phi) is 4.07. The largest absolute Gasteiger partial charge is 0.453 e. The molecule has 0 atom stereocenters. The van der Waals surface area contributed by atoms with E-state index < -0.39 is 5.82 Å². The molecule has 0 radical (unpaired) electrons. The Morgan fingerprint density at radius 3 is 2.39 bits per heavy atom. The van der Waals surface area contributed by atoms with E-state index in [9.17, 15) is 4.39 Å². The van der Waals surface area contributed by atoms with E-state index in [2.05, 4.69) is 0 Å². The minimum Gasteiger partial charge on any atom is -0.453 e. The molecule has 2 aromatic carbocycles. The third-order valence-electron chi connectivity index (χ3n) is 2.35. The van der Waals surface area contributed by atoms with E-state index in [1.54, 1.807) is 24.3 Å². The summed E-state index contributed by atoms with van der Waals surface area (Å²) in [5.41, 5.74) is 6.37. The maximum Gasteiger partial charge on any atom is 0.167 e. The summed E-state index contributed by atoms with van der Waals surface area (Å²) in [6.07, 6.45) is 0. The van der Waals surface area contributed by atoms with Crippen molar-refractivity contribution in [2.75, 3.05) is 0 Å². The van der Waals surface area contributed by atoms with Crippen molar-refractivity contribution in [1.29, 1.82) is 0 Å². The Hall–Kier alpha value is -1.29. The molecule has 0 fully saturated rings. The molecule has 0 aliphatic rings. The third-order valence-corrected chi connectivity index (χ3v) is 2.88. The minimum absolute atomic E-state index is 0.0711. The van der Waals surface area contributed by atoms with Gasteiger partial charge >= 0.3 is 0 Å². The number of rotatable bonds is 3. The van der Waals surface area contributed by atoms with Gasteiger partial charge in [0.05, 0.1) is 5.02 Å². The highest BCUT2D eigenvalue weighted by molar-refractivity contribution is 6.32. The molecule has 18 heavy (non-hydrogen) atoms. The average Bonchev–Trinajstić information content (AvgIpc) is 2.34. The molecule has 2 N–H and O–H groups in total. The van der Waals surface area contributed by atoms with Crippen molar-refractivity contribution >= 4 is 23.2 Å².